The van der Waals surface area contributed by atoms with Crippen molar-refractivity contribution in [3.05, 3.63) is 154 Å². The fourth-order valence-electron chi connectivity index (χ4n) is 8.01. The third-order valence-corrected chi connectivity index (χ3v) is 11.6. The lowest BCUT2D eigenvalue weighted by atomic mass is 9.89. The second kappa shape index (κ2) is 18.2. The molecule has 0 N–H and O–H groups in total. The molecule has 308 valence electrons. The molecule has 2 nitrogen and oxygen atoms in total. The molecule has 6 aromatic carbocycles. The topological polar surface area (TPSA) is 18.5 Å². The van der Waals surface area contributed by atoms with E-state index in [4.69, 9.17) is 0 Å². The van der Waals surface area contributed by atoms with E-state index in [-0.39, 0.29) is 11.5 Å². The number of rotatable bonds is 14. The predicted octanol–water partition coefficient (Wildman–Crippen LogP) is 15.7. The van der Waals surface area contributed by atoms with Gasteiger partial charge in [-0.1, -0.05) is 104 Å². The Bertz CT molecular complexity index is 2220. The Labute approximate surface area is 343 Å². The summed E-state index contributed by atoms with van der Waals surface area (Å²) in [6.45, 7) is 12.6. The number of alkyl halides is 6. The molecule has 0 fully saturated rings. The molecule has 0 atom stereocenters. The van der Waals surface area contributed by atoms with Crippen LogP contribution in [0.4, 0.5) is 26.3 Å². The van der Waals surface area contributed by atoms with Crippen molar-refractivity contribution in [2.75, 3.05) is 0 Å². The highest BCUT2D eigenvalue weighted by atomic mass is 19.4. The molecule has 0 heterocycles. The first-order valence-corrected chi connectivity index (χ1v) is 20.1. The van der Waals surface area contributed by atoms with Crippen LogP contribution in [0.15, 0.2) is 109 Å². The molecule has 0 aliphatic rings. The molecule has 0 amide bonds. The van der Waals surface area contributed by atoms with Gasteiger partial charge in [0.05, 0.1) is 0 Å². The average Bonchev–Trinajstić information content (AvgIpc) is 3.17. The molecule has 0 saturated heterocycles. The number of aryl methyl sites for hydroxylation is 4. The lowest BCUT2D eigenvalue weighted by Gasteiger charge is -2.16. The van der Waals surface area contributed by atoms with Gasteiger partial charge in [-0.3, -0.25) is 0 Å². The highest BCUT2D eigenvalue weighted by molar-refractivity contribution is 5.79. The Balaban J connectivity index is 0.969. The summed E-state index contributed by atoms with van der Waals surface area (Å²) < 4.78 is 83.7. The van der Waals surface area contributed by atoms with E-state index in [2.05, 4.69) is 85.7 Å². The van der Waals surface area contributed by atoms with E-state index in [0.717, 1.165) is 92.4 Å². The standard InChI is InChI=1S/C51H50F6O2/c1-32-30-42(48-28-26-46(34(3)36(48)5)40-18-22-44(23-19-40)58-50(52,53)54)16-14-38(32)12-10-8-7-9-11-13-39-15-17-43(31-33(39)2)49-29-27-47(35(4)37(49)6)41-20-24-45(25-21-41)59-51(55,56)57/h14-31H,7-13H2,1-6H3. The highest BCUT2D eigenvalue weighted by Gasteiger charge is 2.31. The SMILES string of the molecule is Cc1cc(-c2ccc(-c3ccc(OC(F)(F)F)cc3)c(C)c2C)ccc1CCCCCCCc1ccc(-c2ccc(-c3ccc(OC(F)(F)F)cc3)c(C)c2C)cc1C. The van der Waals surface area contributed by atoms with Crippen molar-refractivity contribution in [3.8, 4) is 56.0 Å². The van der Waals surface area contributed by atoms with Crippen LogP contribution < -0.4 is 9.47 Å². The van der Waals surface area contributed by atoms with Crippen molar-refractivity contribution < 1.29 is 35.8 Å². The zero-order valence-electron chi connectivity index (χ0n) is 34.4. The van der Waals surface area contributed by atoms with E-state index in [1.807, 2.05) is 26.0 Å². The fourth-order valence-corrected chi connectivity index (χ4v) is 8.01. The van der Waals surface area contributed by atoms with Crippen LogP contribution in [0, 0.1) is 41.5 Å². The third-order valence-electron chi connectivity index (χ3n) is 11.6. The van der Waals surface area contributed by atoms with Gasteiger partial charge in [0.2, 0.25) is 0 Å². The molecule has 0 saturated carbocycles. The normalized spacial score (nSPS) is 11.9. The minimum absolute atomic E-state index is 0.233. The Morgan fingerprint density at radius 2 is 0.644 bits per heavy atom. The molecule has 0 aliphatic heterocycles. The summed E-state index contributed by atoms with van der Waals surface area (Å²) in [5.41, 5.74) is 18.0. The van der Waals surface area contributed by atoms with Gasteiger partial charge in [0.25, 0.3) is 0 Å². The summed E-state index contributed by atoms with van der Waals surface area (Å²) in [4.78, 5) is 0. The number of halogens is 6. The van der Waals surface area contributed by atoms with Crippen molar-refractivity contribution in [1.82, 2.24) is 0 Å². The predicted molar refractivity (Wildman–Crippen MR) is 227 cm³/mol. The van der Waals surface area contributed by atoms with Crippen LogP contribution in [0.1, 0.15) is 76.6 Å². The fraction of sp³-hybridized carbons (Fsp3) is 0.294. The molecule has 59 heavy (non-hydrogen) atoms. The second-order valence-corrected chi connectivity index (χ2v) is 15.5. The van der Waals surface area contributed by atoms with Crippen LogP contribution in [0.2, 0.25) is 0 Å². The van der Waals surface area contributed by atoms with Crippen molar-refractivity contribution in [1.29, 1.82) is 0 Å². The molecule has 0 spiro atoms. The van der Waals surface area contributed by atoms with Gasteiger partial charge in [0.15, 0.2) is 0 Å². The van der Waals surface area contributed by atoms with Gasteiger partial charge < -0.3 is 9.47 Å². The number of benzene rings is 6. The summed E-state index contributed by atoms with van der Waals surface area (Å²) in [6, 6.07) is 33.7. The van der Waals surface area contributed by atoms with Crippen molar-refractivity contribution >= 4 is 0 Å². The lowest BCUT2D eigenvalue weighted by Crippen LogP contribution is -2.16. The van der Waals surface area contributed by atoms with Crippen molar-refractivity contribution in [3.63, 3.8) is 0 Å². The van der Waals surface area contributed by atoms with Gasteiger partial charge in [-0.2, -0.15) is 0 Å². The minimum atomic E-state index is -4.72. The second-order valence-electron chi connectivity index (χ2n) is 15.5. The number of hydrogen-bond donors (Lipinski definition) is 0. The minimum Gasteiger partial charge on any atom is -0.406 e. The summed E-state index contributed by atoms with van der Waals surface area (Å²) in [7, 11) is 0. The van der Waals surface area contributed by atoms with Crippen LogP contribution in [-0.2, 0) is 12.8 Å². The van der Waals surface area contributed by atoms with Crippen LogP contribution in [0.25, 0.3) is 44.5 Å². The van der Waals surface area contributed by atoms with E-state index in [0.29, 0.717) is 0 Å². The largest absolute Gasteiger partial charge is 0.573 e. The molecule has 6 rings (SSSR count). The van der Waals surface area contributed by atoms with Gasteiger partial charge in [0.1, 0.15) is 11.5 Å². The van der Waals surface area contributed by atoms with Crippen molar-refractivity contribution in [2.24, 2.45) is 0 Å². The molecule has 0 aliphatic carbocycles. The van der Waals surface area contributed by atoms with Crippen LogP contribution in [0.5, 0.6) is 11.5 Å². The molecule has 0 bridgehead atoms. The number of ether oxygens (including phenoxy) is 2. The van der Waals surface area contributed by atoms with Crippen LogP contribution in [0.3, 0.4) is 0 Å². The van der Waals surface area contributed by atoms with E-state index < -0.39 is 12.7 Å². The third kappa shape index (κ3) is 11.0. The summed E-state index contributed by atoms with van der Waals surface area (Å²) >= 11 is 0. The molecule has 0 radical (unpaired) electrons. The molecule has 6 aromatic rings. The zero-order valence-corrected chi connectivity index (χ0v) is 34.4. The molecule has 0 unspecified atom stereocenters. The van der Waals surface area contributed by atoms with Gasteiger partial charge in [-0.15, -0.1) is 26.3 Å². The maximum absolute atomic E-state index is 12.6. The van der Waals surface area contributed by atoms with Gasteiger partial charge >= 0.3 is 12.7 Å². The first-order valence-electron chi connectivity index (χ1n) is 20.1. The maximum Gasteiger partial charge on any atom is 0.573 e. The Kier molecular flexibility index (Phi) is 13.3. The summed E-state index contributed by atoms with van der Waals surface area (Å²) in [5.74, 6) is -0.466. The van der Waals surface area contributed by atoms with E-state index in [1.165, 1.54) is 65.8 Å². The van der Waals surface area contributed by atoms with Crippen LogP contribution in [-0.4, -0.2) is 12.7 Å². The monoisotopic (exact) mass is 808 g/mol. The Morgan fingerprint density at radius 3 is 0.949 bits per heavy atom. The Morgan fingerprint density at radius 1 is 0.356 bits per heavy atom. The summed E-state index contributed by atoms with van der Waals surface area (Å²) in [5, 5.41) is 0. The molecular formula is C51H50F6O2. The van der Waals surface area contributed by atoms with Crippen LogP contribution >= 0.6 is 0 Å². The first-order chi connectivity index (χ1) is 28.0. The lowest BCUT2D eigenvalue weighted by molar-refractivity contribution is -0.275. The highest BCUT2D eigenvalue weighted by Crippen LogP contribution is 2.37. The van der Waals surface area contributed by atoms with Gasteiger partial charge in [-0.25, -0.2) is 0 Å². The number of unbranched alkanes of at least 4 members (excludes halogenated alkanes) is 4. The van der Waals surface area contributed by atoms with E-state index in [9.17, 15) is 26.3 Å². The van der Waals surface area contributed by atoms with E-state index >= 15 is 0 Å². The van der Waals surface area contributed by atoms with Gasteiger partial charge in [0, 0.05) is 0 Å². The molecular weight excluding hydrogens is 759 g/mol. The average molecular weight is 809 g/mol. The molecule has 0 aromatic heterocycles. The van der Waals surface area contributed by atoms with Gasteiger partial charge in [-0.05, 0) is 181 Å². The maximum atomic E-state index is 12.6. The number of hydrogen-bond acceptors (Lipinski definition) is 2. The molecule has 8 heteroatoms. The zero-order chi connectivity index (χ0) is 42.5. The Hall–Kier alpha value is -5.50. The smallest absolute Gasteiger partial charge is 0.406 e. The summed E-state index contributed by atoms with van der Waals surface area (Å²) in [6.07, 6.45) is -1.50. The van der Waals surface area contributed by atoms with E-state index in [1.54, 1.807) is 24.3 Å². The quantitative estimate of drug-likeness (QED) is 0.0806. The van der Waals surface area contributed by atoms with Crippen molar-refractivity contribution in [2.45, 2.75) is 99.2 Å². The first kappa shape index (κ1) is 43.1.